The number of hydrogen-bond acceptors (Lipinski definition) is 3. The average Bonchev–Trinajstić information content (AvgIpc) is 2.83. The molecule has 1 aromatic heterocycles. The highest BCUT2D eigenvalue weighted by atomic mass is 32.1. The summed E-state index contributed by atoms with van der Waals surface area (Å²) in [5.41, 5.74) is 0. The van der Waals surface area contributed by atoms with Crippen LogP contribution in [0.2, 0.25) is 0 Å². The normalized spacial score (nSPS) is 23.4. The lowest BCUT2D eigenvalue weighted by Gasteiger charge is -2.39. The number of piperazine rings is 1. The summed E-state index contributed by atoms with van der Waals surface area (Å²) in [5.74, 6) is 0.782. The van der Waals surface area contributed by atoms with E-state index in [0.29, 0.717) is 12.1 Å². The van der Waals surface area contributed by atoms with Crippen LogP contribution in [-0.2, 0) is 0 Å². The van der Waals surface area contributed by atoms with Gasteiger partial charge in [-0.05, 0) is 30.2 Å². The molecule has 0 bridgehead atoms. The molecule has 2 heterocycles. The number of hydrogen-bond donors (Lipinski definition) is 1. The lowest BCUT2D eigenvalue weighted by molar-refractivity contribution is 0.133. The Labute approximate surface area is 115 Å². The van der Waals surface area contributed by atoms with E-state index < -0.39 is 0 Å². The van der Waals surface area contributed by atoms with E-state index in [4.69, 9.17) is 0 Å². The summed E-state index contributed by atoms with van der Waals surface area (Å²) < 4.78 is 0. The van der Waals surface area contributed by atoms with Gasteiger partial charge in [0.25, 0.3) is 0 Å². The summed E-state index contributed by atoms with van der Waals surface area (Å²) in [7, 11) is 0. The standard InChI is InChI=1S/C15H26N2S/c1-4-14(15-6-5-9-18-15)17-8-7-16-13(11-17)10-12(2)3/h5-6,9,12-14,16H,4,7-8,10-11H2,1-3H3. The van der Waals surface area contributed by atoms with Crippen molar-refractivity contribution in [1.82, 2.24) is 10.2 Å². The summed E-state index contributed by atoms with van der Waals surface area (Å²) in [5, 5.41) is 5.87. The minimum atomic E-state index is 0.627. The molecule has 1 aromatic rings. The zero-order valence-electron chi connectivity index (χ0n) is 11.9. The highest BCUT2D eigenvalue weighted by Crippen LogP contribution is 2.29. The largest absolute Gasteiger partial charge is 0.311 e. The molecule has 2 unspecified atom stereocenters. The predicted octanol–water partition coefficient (Wildman–Crippen LogP) is 3.52. The summed E-state index contributed by atoms with van der Waals surface area (Å²) in [6, 6.07) is 5.77. The molecule has 0 radical (unpaired) electrons. The van der Waals surface area contributed by atoms with E-state index in [1.54, 1.807) is 0 Å². The van der Waals surface area contributed by atoms with Crippen LogP contribution in [-0.4, -0.2) is 30.6 Å². The lowest BCUT2D eigenvalue weighted by atomic mass is 10.00. The van der Waals surface area contributed by atoms with Crippen molar-refractivity contribution in [2.75, 3.05) is 19.6 Å². The fraction of sp³-hybridized carbons (Fsp3) is 0.733. The maximum atomic E-state index is 3.67. The molecule has 2 atom stereocenters. The van der Waals surface area contributed by atoms with Gasteiger partial charge in [0.05, 0.1) is 0 Å². The Bertz CT molecular complexity index is 334. The Morgan fingerprint density at radius 2 is 2.33 bits per heavy atom. The van der Waals surface area contributed by atoms with Crippen LogP contribution < -0.4 is 5.32 Å². The van der Waals surface area contributed by atoms with Crippen molar-refractivity contribution in [2.45, 2.75) is 45.7 Å². The SMILES string of the molecule is CCC(c1cccs1)N1CCNC(CC(C)C)C1. The van der Waals surface area contributed by atoms with Crippen molar-refractivity contribution in [3.8, 4) is 0 Å². The minimum absolute atomic E-state index is 0.627. The lowest BCUT2D eigenvalue weighted by Crippen LogP contribution is -2.51. The Kier molecular flexibility index (Phi) is 5.22. The number of nitrogens with zero attached hydrogens (tertiary/aromatic N) is 1. The molecule has 1 saturated heterocycles. The third kappa shape index (κ3) is 3.56. The Hall–Kier alpha value is -0.380. The predicted molar refractivity (Wildman–Crippen MR) is 80.2 cm³/mol. The topological polar surface area (TPSA) is 15.3 Å². The summed E-state index contributed by atoms with van der Waals surface area (Å²) in [6.07, 6.45) is 2.51. The molecule has 18 heavy (non-hydrogen) atoms. The number of thiophene rings is 1. The first-order chi connectivity index (χ1) is 8.70. The Morgan fingerprint density at radius 1 is 1.50 bits per heavy atom. The second kappa shape index (κ2) is 6.69. The van der Waals surface area contributed by atoms with Crippen molar-refractivity contribution in [3.05, 3.63) is 22.4 Å². The van der Waals surface area contributed by atoms with Crippen LogP contribution in [0.1, 0.15) is 44.5 Å². The van der Waals surface area contributed by atoms with Crippen LogP contribution in [0, 0.1) is 5.92 Å². The molecule has 2 rings (SSSR count). The van der Waals surface area contributed by atoms with Gasteiger partial charge in [0.15, 0.2) is 0 Å². The van der Waals surface area contributed by atoms with Crippen LogP contribution in [0.3, 0.4) is 0 Å². The smallest absolute Gasteiger partial charge is 0.0440 e. The quantitative estimate of drug-likeness (QED) is 0.877. The molecule has 1 aliphatic heterocycles. The first kappa shape index (κ1) is 14.0. The van der Waals surface area contributed by atoms with Gasteiger partial charge in [0.2, 0.25) is 0 Å². The Balaban J connectivity index is 1.98. The maximum absolute atomic E-state index is 3.67. The third-order valence-corrected chi connectivity index (χ3v) is 4.72. The second-order valence-electron chi connectivity index (χ2n) is 5.71. The van der Waals surface area contributed by atoms with Gasteiger partial charge >= 0.3 is 0 Å². The highest BCUT2D eigenvalue weighted by molar-refractivity contribution is 7.10. The zero-order chi connectivity index (χ0) is 13.0. The minimum Gasteiger partial charge on any atom is -0.311 e. The van der Waals surface area contributed by atoms with Crippen LogP contribution in [0.15, 0.2) is 17.5 Å². The van der Waals surface area contributed by atoms with Crippen LogP contribution in [0.5, 0.6) is 0 Å². The molecule has 1 aliphatic rings. The van der Waals surface area contributed by atoms with Crippen LogP contribution in [0.4, 0.5) is 0 Å². The summed E-state index contributed by atoms with van der Waals surface area (Å²) in [6.45, 7) is 10.5. The first-order valence-corrected chi connectivity index (χ1v) is 8.09. The van der Waals surface area contributed by atoms with Crippen molar-refractivity contribution in [2.24, 2.45) is 5.92 Å². The van der Waals surface area contributed by atoms with Gasteiger partial charge in [-0.25, -0.2) is 0 Å². The zero-order valence-corrected chi connectivity index (χ0v) is 12.7. The summed E-state index contributed by atoms with van der Waals surface area (Å²) in [4.78, 5) is 4.21. The van der Waals surface area contributed by atoms with E-state index in [1.807, 2.05) is 11.3 Å². The molecule has 0 aliphatic carbocycles. The highest BCUT2D eigenvalue weighted by Gasteiger charge is 2.26. The van der Waals surface area contributed by atoms with Gasteiger partial charge < -0.3 is 5.32 Å². The van der Waals surface area contributed by atoms with E-state index >= 15 is 0 Å². The molecule has 1 fully saturated rings. The van der Waals surface area contributed by atoms with E-state index in [0.717, 1.165) is 12.5 Å². The molecule has 0 aromatic carbocycles. The maximum Gasteiger partial charge on any atom is 0.0440 e. The number of rotatable bonds is 5. The molecule has 0 saturated carbocycles. The van der Waals surface area contributed by atoms with Gasteiger partial charge in [-0.15, -0.1) is 11.3 Å². The Morgan fingerprint density at radius 3 is 2.94 bits per heavy atom. The molecule has 102 valence electrons. The molecule has 2 nitrogen and oxygen atoms in total. The molecule has 0 spiro atoms. The fourth-order valence-corrected chi connectivity index (χ4v) is 3.93. The van der Waals surface area contributed by atoms with Crippen molar-refractivity contribution >= 4 is 11.3 Å². The third-order valence-electron chi connectivity index (χ3n) is 3.74. The molecule has 3 heteroatoms. The number of nitrogens with one attached hydrogen (secondary N) is 1. The van der Waals surface area contributed by atoms with Gasteiger partial charge in [-0.2, -0.15) is 0 Å². The average molecular weight is 266 g/mol. The second-order valence-corrected chi connectivity index (χ2v) is 6.69. The summed E-state index contributed by atoms with van der Waals surface area (Å²) >= 11 is 1.90. The van der Waals surface area contributed by atoms with E-state index in [9.17, 15) is 0 Å². The molecule has 1 N–H and O–H groups in total. The van der Waals surface area contributed by atoms with E-state index in [-0.39, 0.29) is 0 Å². The monoisotopic (exact) mass is 266 g/mol. The molecular formula is C15H26N2S. The van der Waals surface area contributed by atoms with Crippen molar-refractivity contribution < 1.29 is 0 Å². The van der Waals surface area contributed by atoms with Gasteiger partial charge in [0, 0.05) is 36.6 Å². The first-order valence-electron chi connectivity index (χ1n) is 7.21. The van der Waals surface area contributed by atoms with Crippen molar-refractivity contribution in [3.63, 3.8) is 0 Å². The molecular weight excluding hydrogens is 240 g/mol. The molecule has 0 amide bonds. The van der Waals surface area contributed by atoms with Crippen LogP contribution in [0.25, 0.3) is 0 Å². The van der Waals surface area contributed by atoms with Gasteiger partial charge in [0.1, 0.15) is 0 Å². The van der Waals surface area contributed by atoms with Crippen LogP contribution >= 0.6 is 11.3 Å². The van der Waals surface area contributed by atoms with Gasteiger partial charge in [-0.1, -0.05) is 26.8 Å². The fourth-order valence-electron chi connectivity index (χ4n) is 2.98. The van der Waals surface area contributed by atoms with E-state index in [1.165, 1.54) is 30.8 Å². The van der Waals surface area contributed by atoms with E-state index in [2.05, 4.69) is 48.5 Å². The van der Waals surface area contributed by atoms with Crippen molar-refractivity contribution in [1.29, 1.82) is 0 Å². The van der Waals surface area contributed by atoms with Gasteiger partial charge in [-0.3, -0.25) is 4.90 Å².